The lowest BCUT2D eigenvalue weighted by molar-refractivity contribution is 0.0903. The Bertz CT molecular complexity index is 484. The van der Waals surface area contributed by atoms with Crippen molar-refractivity contribution < 1.29 is 4.79 Å². The zero-order valence-electron chi connectivity index (χ0n) is 11.6. The molecule has 0 atom stereocenters. The van der Waals surface area contributed by atoms with Gasteiger partial charge in [0.15, 0.2) is 0 Å². The number of halogens is 1. The third kappa shape index (κ3) is 3.38. The van der Waals surface area contributed by atoms with Crippen LogP contribution in [0.1, 0.15) is 44.0 Å². The average molecular weight is 282 g/mol. The molecule has 1 saturated carbocycles. The van der Waals surface area contributed by atoms with Gasteiger partial charge in [-0.25, -0.2) is 4.98 Å². The summed E-state index contributed by atoms with van der Waals surface area (Å²) < 4.78 is 0. The molecule has 19 heavy (non-hydrogen) atoms. The normalized spacial score (nSPS) is 15.2. The van der Waals surface area contributed by atoms with Crippen LogP contribution in [-0.2, 0) is 0 Å². The number of hydrogen-bond acceptors (Lipinski definition) is 3. The van der Waals surface area contributed by atoms with E-state index in [1.165, 1.54) is 12.8 Å². The summed E-state index contributed by atoms with van der Waals surface area (Å²) in [4.78, 5) is 16.4. The van der Waals surface area contributed by atoms with Crippen molar-refractivity contribution in [3.05, 3.63) is 22.8 Å². The van der Waals surface area contributed by atoms with E-state index in [9.17, 15) is 4.79 Å². The van der Waals surface area contributed by atoms with Gasteiger partial charge < -0.3 is 10.6 Å². The summed E-state index contributed by atoms with van der Waals surface area (Å²) in [6.07, 6.45) is 3.93. The second-order valence-electron chi connectivity index (χ2n) is 5.53. The molecule has 1 aliphatic rings. The Kier molecular flexibility index (Phi) is 3.99. The first kappa shape index (κ1) is 14.1. The molecule has 1 fully saturated rings. The van der Waals surface area contributed by atoms with Gasteiger partial charge in [0.05, 0.1) is 10.6 Å². The summed E-state index contributed by atoms with van der Waals surface area (Å²) in [7, 11) is 0. The molecule has 0 spiro atoms. The van der Waals surface area contributed by atoms with E-state index in [1.807, 2.05) is 6.92 Å². The average Bonchev–Trinajstić information content (AvgIpc) is 3.15. The summed E-state index contributed by atoms with van der Waals surface area (Å²) in [6.45, 7) is 6.83. The molecule has 1 amide bonds. The van der Waals surface area contributed by atoms with Gasteiger partial charge in [-0.05, 0) is 45.6 Å². The Morgan fingerprint density at radius 3 is 2.74 bits per heavy atom. The molecular weight excluding hydrogens is 262 g/mol. The second kappa shape index (κ2) is 5.37. The van der Waals surface area contributed by atoms with Crippen molar-refractivity contribution in [1.82, 2.24) is 10.3 Å². The minimum Gasteiger partial charge on any atom is -0.369 e. The van der Waals surface area contributed by atoms with Crippen LogP contribution in [0, 0.1) is 5.92 Å². The zero-order valence-corrected chi connectivity index (χ0v) is 12.3. The number of nitrogens with one attached hydrogen (secondary N) is 2. The monoisotopic (exact) mass is 281 g/mol. The first-order valence-electron chi connectivity index (χ1n) is 6.66. The molecule has 1 aromatic rings. The summed E-state index contributed by atoms with van der Waals surface area (Å²) in [5.41, 5.74) is 0.338. The molecule has 5 heteroatoms. The van der Waals surface area contributed by atoms with E-state index in [-0.39, 0.29) is 11.4 Å². The van der Waals surface area contributed by atoms with Crippen molar-refractivity contribution in [3.63, 3.8) is 0 Å². The number of anilines is 1. The SMILES string of the molecule is CCNc1ncc(C(=O)NC(C)(C)C2CC2)cc1Cl. The first-order chi connectivity index (χ1) is 8.94. The fourth-order valence-corrected chi connectivity index (χ4v) is 2.36. The number of rotatable bonds is 5. The Labute approximate surface area is 118 Å². The minimum atomic E-state index is -0.163. The predicted octanol–water partition coefficient (Wildman–Crippen LogP) is 3.09. The molecule has 0 aromatic carbocycles. The number of carbonyl (C=O) groups excluding carboxylic acids is 1. The molecule has 104 valence electrons. The molecule has 1 heterocycles. The molecule has 2 N–H and O–H groups in total. The topological polar surface area (TPSA) is 54.0 Å². The van der Waals surface area contributed by atoms with Gasteiger partial charge in [-0.2, -0.15) is 0 Å². The van der Waals surface area contributed by atoms with E-state index in [2.05, 4.69) is 29.5 Å². The highest BCUT2D eigenvalue weighted by atomic mass is 35.5. The Morgan fingerprint density at radius 1 is 1.53 bits per heavy atom. The summed E-state index contributed by atoms with van der Waals surface area (Å²) in [6, 6.07) is 1.66. The molecule has 4 nitrogen and oxygen atoms in total. The van der Waals surface area contributed by atoms with Gasteiger partial charge in [-0.3, -0.25) is 4.79 Å². The lowest BCUT2D eigenvalue weighted by atomic mass is 9.98. The van der Waals surface area contributed by atoms with Crippen LogP contribution < -0.4 is 10.6 Å². The Hall–Kier alpha value is -1.29. The van der Waals surface area contributed by atoms with Crippen molar-refractivity contribution in [2.45, 2.75) is 39.2 Å². The lowest BCUT2D eigenvalue weighted by Gasteiger charge is -2.26. The van der Waals surface area contributed by atoms with E-state index in [4.69, 9.17) is 11.6 Å². The smallest absolute Gasteiger partial charge is 0.253 e. The van der Waals surface area contributed by atoms with E-state index in [1.54, 1.807) is 12.3 Å². The van der Waals surface area contributed by atoms with Crippen molar-refractivity contribution in [3.8, 4) is 0 Å². The number of nitrogens with zero attached hydrogens (tertiary/aromatic N) is 1. The second-order valence-corrected chi connectivity index (χ2v) is 5.94. The van der Waals surface area contributed by atoms with Crippen LogP contribution in [-0.4, -0.2) is 23.0 Å². The molecule has 0 bridgehead atoms. The predicted molar refractivity (Wildman–Crippen MR) is 77.7 cm³/mol. The van der Waals surface area contributed by atoms with Gasteiger partial charge >= 0.3 is 0 Å². The van der Waals surface area contributed by atoms with Gasteiger partial charge in [0, 0.05) is 18.3 Å². The molecule has 0 saturated heterocycles. The van der Waals surface area contributed by atoms with E-state index in [0.717, 1.165) is 6.54 Å². The van der Waals surface area contributed by atoms with E-state index >= 15 is 0 Å². The van der Waals surface area contributed by atoms with Crippen molar-refractivity contribution in [1.29, 1.82) is 0 Å². The van der Waals surface area contributed by atoms with Gasteiger partial charge in [-0.1, -0.05) is 11.6 Å². The van der Waals surface area contributed by atoms with Gasteiger partial charge in [-0.15, -0.1) is 0 Å². The first-order valence-corrected chi connectivity index (χ1v) is 7.03. The third-order valence-electron chi connectivity index (χ3n) is 3.48. The molecular formula is C14H20ClN3O. The minimum absolute atomic E-state index is 0.116. The Balaban J connectivity index is 2.08. The fourth-order valence-electron chi connectivity index (χ4n) is 2.13. The van der Waals surface area contributed by atoms with Crippen molar-refractivity contribution in [2.75, 3.05) is 11.9 Å². The van der Waals surface area contributed by atoms with Crippen molar-refractivity contribution >= 4 is 23.3 Å². The fraction of sp³-hybridized carbons (Fsp3) is 0.571. The highest BCUT2D eigenvalue weighted by molar-refractivity contribution is 6.33. The number of pyridine rings is 1. The summed E-state index contributed by atoms with van der Waals surface area (Å²) in [5, 5.41) is 6.57. The van der Waals surface area contributed by atoms with Crippen LogP contribution >= 0.6 is 11.6 Å². The summed E-state index contributed by atoms with van der Waals surface area (Å²) in [5.74, 6) is 1.08. The quantitative estimate of drug-likeness (QED) is 0.872. The third-order valence-corrected chi connectivity index (χ3v) is 3.77. The van der Waals surface area contributed by atoms with Crippen LogP contribution in [0.25, 0.3) is 0 Å². The lowest BCUT2D eigenvalue weighted by Crippen LogP contribution is -2.45. The van der Waals surface area contributed by atoms with Crippen LogP contribution in [0.4, 0.5) is 5.82 Å². The molecule has 1 aliphatic carbocycles. The standard InChI is InChI=1S/C14H20ClN3O/c1-4-16-12-11(15)7-9(8-17-12)13(19)18-14(2,3)10-5-6-10/h7-8,10H,4-6H2,1-3H3,(H,16,17)(H,18,19). The number of hydrogen-bond donors (Lipinski definition) is 2. The molecule has 0 aliphatic heterocycles. The van der Waals surface area contributed by atoms with E-state index in [0.29, 0.717) is 22.3 Å². The van der Waals surface area contributed by atoms with E-state index < -0.39 is 0 Å². The number of aromatic nitrogens is 1. The largest absolute Gasteiger partial charge is 0.369 e. The Morgan fingerprint density at radius 2 is 2.21 bits per heavy atom. The van der Waals surface area contributed by atoms with Crippen molar-refractivity contribution in [2.24, 2.45) is 5.92 Å². The number of carbonyl (C=O) groups is 1. The van der Waals surface area contributed by atoms with Crippen LogP contribution in [0.3, 0.4) is 0 Å². The zero-order chi connectivity index (χ0) is 14.0. The molecule has 0 radical (unpaired) electrons. The van der Waals surface area contributed by atoms with Crippen LogP contribution in [0.2, 0.25) is 5.02 Å². The number of amides is 1. The molecule has 2 rings (SSSR count). The van der Waals surface area contributed by atoms with Crippen LogP contribution in [0.5, 0.6) is 0 Å². The maximum atomic E-state index is 12.2. The maximum Gasteiger partial charge on any atom is 0.253 e. The maximum absolute atomic E-state index is 12.2. The van der Waals surface area contributed by atoms with Crippen LogP contribution in [0.15, 0.2) is 12.3 Å². The van der Waals surface area contributed by atoms with Gasteiger partial charge in [0.25, 0.3) is 5.91 Å². The molecule has 0 unspecified atom stereocenters. The van der Waals surface area contributed by atoms with Gasteiger partial charge in [0.1, 0.15) is 5.82 Å². The molecule has 1 aromatic heterocycles. The van der Waals surface area contributed by atoms with Gasteiger partial charge in [0.2, 0.25) is 0 Å². The highest BCUT2D eigenvalue weighted by Crippen LogP contribution is 2.39. The summed E-state index contributed by atoms with van der Waals surface area (Å²) >= 11 is 6.09. The highest BCUT2D eigenvalue weighted by Gasteiger charge is 2.38.